The minimum Gasteiger partial charge on any atom is -0.369 e. The summed E-state index contributed by atoms with van der Waals surface area (Å²) < 4.78 is 5.42. The van der Waals surface area contributed by atoms with E-state index in [-0.39, 0.29) is 5.91 Å². The average molecular weight is 278 g/mol. The van der Waals surface area contributed by atoms with Crippen molar-refractivity contribution in [3.05, 3.63) is 29.3 Å². The predicted octanol–water partition coefficient (Wildman–Crippen LogP) is 2.24. The third-order valence-electron chi connectivity index (χ3n) is 3.01. The molecule has 0 spiro atoms. The zero-order chi connectivity index (χ0) is 15.1. The second kappa shape index (κ2) is 7.65. The molecule has 0 aromatic heterocycles. The van der Waals surface area contributed by atoms with Crippen molar-refractivity contribution in [1.82, 2.24) is 0 Å². The number of unbranched alkanes of at least 4 members (excludes halogenated alkanes) is 1. The number of benzene rings is 1. The molecule has 0 radical (unpaired) electrons. The van der Waals surface area contributed by atoms with E-state index in [9.17, 15) is 9.59 Å². The highest BCUT2D eigenvalue weighted by atomic mass is 16.5. The topological polar surface area (TPSA) is 81.4 Å². The van der Waals surface area contributed by atoms with Gasteiger partial charge in [-0.05, 0) is 31.9 Å². The van der Waals surface area contributed by atoms with Crippen LogP contribution in [0, 0.1) is 6.92 Å². The zero-order valence-corrected chi connectivity index (χ0v) is 12.2. The molecular weight excluding hydrogens is 256 g/mol. The van der Waals surface area contributed by atoms with E-state index in [0.717, 1.165) is 18.4 Å². The molecule has 0 bridgehead atoms. The Labute approximate surface area is 119 Å². The number of nitrogens with one attached hydrogen (secondary N) is 1. The van der Waals surface area contributed by atoms with Crippen molar-refractivity contribution in [3.63, 3.8) is 0 Å². The highest BCUT2D eigenvalue weighted by molar-refractivity contribution is 6.04. The third kappa shape index (κ3) is 4.35. The molecule has 20 heavy (non-hydrogen) atoms. The van der Waals surface area contributed by atoms with Gasteiger partial charge < -0.3 is 15.8 Å². The minimum atomic E-state index is -0.567. The molecular formula is C15H22N2O3. The molecule has 3 N–H and O–H groups in total. The summed E-state index contributed by atoms with van der Waals surface area (Å²) in [5, 5.41) is 2.69. The van der Waals surface area contributed by atoms with Crippen LogP contribution < -0.4 is 11.1 Å². The summed E-state index contributed by atoms with van der Waals surface area (Å²) in [7, 11) is 0. The van der Waals surface area contributed by atoms with Gasteiger partial charge in [-0.2, -0.15) is 0 Å². The van der Waals surface area contributed by atoms with Crippen molar-refractivity contribution in [3.8, 4) is 0 Å². The Balaban J connectivity index is 2.75. The number of aryl methyl sites for hydroxylation is 1. The van der Waals surface area contributed by atoms with Gasteiger partial charge in [-0.1, -0.05) is 25.5 Å². The van der Waals surface area contributed by atoms with Crippen LogP contribution in [0.15, 0.2) is 18.2 Å². The van der Waals surface area contributed by atoms with Crippen molar-refractivity contribution in [2.24, 2.45) is 5.73 Å². The van der Waals surface area contributed by atoms with E-state index in [0.29, 0.717) is 17.9 Å². The number of carbonyl (C=O) groups excluding carboxylic acids is 2. The number of anilines is 1. The van der Waals surface area contributed by atoms with Gasteiger partial charge in [-0.15, -0.1) is 0 Å². The van der Waals surface area contributed by atoms with Crippen LogP contribution in [0.25, 0.3) is 0 Å². The molecule has 0 aliphatic rings. The standard InChI is InChI=1S/C15H22N2O3/c1-4-5-9-20-11(3)15(19)17-12-8-6-7-10(2)13(12)14(16)18/h6-8,11H,4-5,9H2,1-3H3,(H2,16,18)(H,17,19). The summed E-state index contributed by atoms with van der Waals surface area (Å²) in [5.74, 6) is -0.841. The molecule has 0 heterocycles. The van der Waals surface area contributed by atoms with Crippen LogP contribution in [0.5, 0.6) is 0 Å². The summed E-state index contributed by atoms with van der Waals surface area (Å²) >= 11 is 0. The maximum Gasteiger partial charge on any atom is 0.253 e. The van der Waals surface area contributed by atoms with Gasteiger partial charge in [0.05, 0.1) is 11.3 Å². The molecule has 0 saturated heterocycles. The first kappa shape index (κ1) is 16.2. The van der Waals surface area contributed by atoms with Gasteiger partial charge in [0.25, 0.3) is 11.8 Å². The van der Waals surface area contributed by atoms with Crippen molar-refractivity contribution in [1.29, 1.82) is 0 Å². The molecule has 110 valence electrons. The van der Waals surface area contributed by atoms with E-state index in [1.807, 2.05) is 0 Å². The van der Waals surface area contributed by atoms with Gasteiger partial charge in [0.1, 0.15) is 6.10 Å². The summed E-state index contributed by atoms with van der Waals surface area (Å²) in [4.78, 5) is 23.4. The molecule has 0 aliphatic carbocycles. The van der Waals surface area contributed by atoms with Crippen molar-refractivity contribution >= 4 is 17.5 Å². The first-order valence-electron chi connectivity index (χ1n) is 6.79. The lowest BCUT2D eigenvalue weighted by Crippen LogP contribution is -2.29. The Hall–Kier alpha value is -1.88. The van der Waals surface area contributed by atoms with E-state index in [2.05, 4.69) is 12.2 Å². The lowest BCUT2D eigenvalue weighted by atomic mass is 10.1. The maximum atomic E-state index is 12.0. The first-order valence-corrected chi connectivity index (χ1v) is 6.79. The number of primary amides is 1. The van der Waals surface area contributed by atoms with Crippen LogP contribution in [-0.4, -0.2) is 24.5 Å². The first-order chi connectivity index (χ1) is 9.47. The van der Waals surface area contributed by atoms with Gasteiger partial charge in [0.15, 0.2) is 0 Å². The number of nitrogens with two attached hydrogens (primary N) is 1. The molecule has 5 heteroatoms. The number of carbonyl (C=O) groups is 2. The van der Waals surface area contributed by atoms with E-state index in [4.69, 9.17) is 10.5 Å². The largest absolute Gasteiger partial charge is 0.369 e. The fourth-order valence-electron chi connectivity index (χ4n) is 1.81. The Morgan fingerprint density at radius 2 is 2.10 bits per heavy atom. The molecule has 1 atom stereocenters. The second-order valence-corrected chi connectivity index (χ2v) is 4.72. The predicted molar refractivity (Wildman–Crippen MR) is 78.6 cm³/mol. The van der Waals surface area contributed by atoms with Crippen LogP contribution >= 0.6 is 0 Å². The summed E-state index contributed by atoms with van der Waals surface area (Å²) in [5.41, 5.74) is 6.83. The number of ether oxygens (including phenoxy) is 1. The molecule has 1 aromatic rings. The van der Waals surface area contributed by atoms with Crippen molar-refractivity contribution in [2.45, 2.75) is 39.7 Å². The number of rotatable bonds is 7. The summed E-state index contributed by atoms with van der Waals surface area (Å²) in [6.45, 7) is 6.06. The van der Waals surface area contributed by atoms with Gasteiger partial charge in [0.2, 0.25) is 0 Å². The quantitative estimate of drug-likeness (QED) is 0.750. The monoisotopic (exact) mass is 278 g/mol. The number of hydrogen-bond donors (Lipinski definition) is 2. The number of hydrogen-bond acceptors (Lipinski definition) is 3. The van der Waals surface area contributed by atoms with Crippen LogP contribution in [0.4, 0.5) is 5.69 Å². The lowest BCUT2D eigenvalue weighted by Gasteiger charge is -2.15. The van der Waals surface area contributed by atoms with Gasteiger partial charge >= 0.3 is 0 Å². The van der Waals surface area contributed by atoms with E-state index < -0.39 is 12.0 Å². The highest BCUT2D eigenvalue weighted by Gasteiger charge is 2.17. The van der Waals surface area contributed by atoms with Crippen LogP contribution in [0.2, 0.25) is 0 Å². The Bertz CT molecular complexity index is 486. The fraction of sp³-hybridized carbons (Fsp3) is 0.467. The molecule has 1 rings (SSSR count). The Morgan fingerprint density at radius 1 is 1.40 bits per heavy atom. The molecule has 2 amide bonds. The molecule has 1 aromatic carbocycles. The van der Waals surface area contributed by atoms with Gasteiger partial charge in [0, 0.05) is 6.61 Å². The van der Waals surface area contributed by atoms with E-state index in [1.165, 1.54) is 0 Å². The lowest BCUT2D eigenvalue weighted by molar-refractivity contribution is -0.126. The zero-order valence-electron chi connectivity index (χ0n) is 12.2. The van der Waals surface area contributed by atoms with Crippen molar-refractivity contribution in [2.75, 3.05) is 11.9 Å². The second-order valence-electron chi connectivity index (χ2n) is 4.72. The molecule has 0 fully saturated rings. The van der Waals surface area contributed by atoms with Crippen LogP contribution in [0.1, 0.15) is 42.6 Å². The smallest absolute Gasteiger partial charge is 0.253 e. The maximum absolute atomic E-state index is 12.0. The summed E-state index contributed by atoms with van der Waals surface area (Å²) in [6.07, 6.45) is 1.36. The fourth-order valence-corrected chi connectivity index (χ4v) is 1.81. The van der Waals surface area contributed by atoms with Crippen LogP contribution in [-0.2, 0) is 9.53 Å². The van der Waals surface area contributed by atoms with Gasteiger partial charge in [-0.3, -0.25) is 9.59 Å². The highest BCUT2D eigenvalue weighted by Crippen LogP contribution is 2.19. The van der Waals surface area contributed by atoms with E-state index >= 15 is 0 Å². The third-order valence-corrected chi connectivity index (χ3v) is 3.01. The SMILES string of the molecule is CCCCOC(C)C(=O)Nc1cccc(C)c1C(N)=O. The Morgan fingerprint density at radius 3 is 2.70 bits per heavy atom. The molecule has 0 saturated carbocycles. The van der Waals surface area contributed by atoms with Crippen molar-refractivity contribution < 1.29 is 14.3 Å². The molecule has 5 nitrogen and oxygen atoms in total. The molecule has 1 unspecified atom stereocenters. The normalized spacial score (nSPS) is 11.9. The summed E-state index contributed by atoms with van der Waals surface area (Å²) in [6, 6.07) is 5.20. The van der Waals surface area contributed by atoms with Gasteiger partial charge in [-0.25, -0.2) is 0 Å². The Kier molecular flexibility index (Phi) is 6.18. The number of amides is 2. The minimum absolute atomic E-state index is 0.283. The average Bonchev–Trinajstić information content (AvgIpc) is 2.38. The van der Waals surface area contributed by atoms with E-state index in [1.54, 1.807) is 32.0 Å². The van der Waals surface area contributed by atoms with Crippen LogP contribution in [0.3, 0.4) is 0 Å². The molecule has 0 aliphatic heterocycles.